The molecule has 2 aromatic carbocycles. The van der Waals surface area contributed by atoms with Crippen LogP contribution in [-0.4, -0.2) is 25.7 Å². The van der Waals surface area contributed by atoms with Crippen molar-refractivity contribution in [3.63, 3.8) is 0 Å². The predicted octanol–water partition coefficient (Wildman–Crippen LogP) is 5.12. The molecule has 0 unspecified atom stereocenters. The highest BCUT2D eigenvalue weighted by Crippen LogP contribution is 2.34. The summed E-state index contributed by atoms with van der Waals surface area (Å²) in [5.41, 5.74) is 1.96. The third-order valence-electron chi connectivity index (χ3n) is 4.72. The fourth-order valence-electron chi connectivity index (χ4n) is 3.31. The van der Waals surface area contributed by atoms with Crippen molar-refractivity contribution < 1.29 is 9.72 Å². The van der Waals surface area contributed by atoms with Gasteiger partial charge in [-0.1, -0.05) is 24.3 Å². The number of nitro benzene ring substituents is 1. The molecule has 0 amide bonds. The van der Waals surface area contributed by atoms with E-state index >= 15 is 0 Å². The molecule has 0 fully saturated rings. The first-order valence-electron chi connectivity index (χ1n) is 9.45. The Bertz CT molecular complexity index is 1420. The lowest BCUT2D eigenvalue weighted by molar-refractivity contribution is -0.387. The average Bonchev–Trinajstić information content (AvgIpc) is 3.14. The molecule has 2 aromatic heterocycles. The Morgan fingerprint density at radius 2 is 1.94 bits per heavy atom. The van der Waals surface area contributed by atoms with Crippen LogP contribution in [0.25, 0.3) is 17.0 Å². The van der Waals surface area contributed by atoms with Gasteiger partial charge in [0.25, 0.3) is 5.69 Å². The molecule has 0 atom stereocenters. The Balaban J connectivity index is 1.72. The lowest BCUT2D eigenvalue weighted by Crippen LogP contribution is -2.03. The fraction of sp³-hybridized carbons (Fsp3) is 0.0435. The molecule has 1 N–H and O–H groups in total. The fourth-order valence-corrected chi connectivity index (χ4v) is 4.11. The number of Topliss-reactive ketones (excluding diaryl/α,β-unsaturated/α-hetero) is 1. The van der Waals surface area contributed by atoms with Crippen LogP contribution < -0.4 is 0 Å². The van der Waals surface area contributed by atoms with E-state index in [-0.39, 0.29) is 11.3 Å². The van der Waals surface area contributed by atoms with Gasteiger partial charge in [0.2, 0.25) is 5.78 Å². The topological polar surface area (TPSA) is 126 Å². The Morgan fingerprint density at radius 3 is 2.66 bits per heavy atom. The third kappa shape index (κ3) is 4.12. The van der Waals surface area contributed by atoms with Gasteiger partial charge in [-0.05, 0) is 48.5 Å². The minimum Gasteiger partial charge on any atom is -0.358 e. The predicted molar refractivity (Wildman–Crippen MR) is 120 cm³/mol. The zero-order chi connectivity index (χ0) is 22.7. The summed E-state index contributed by atoms with van der Waals surface area (Å²) < 4.78 is 0. The highest BCUT2D eigenvalue weighted by atomic mass is 32.2. The van der Waals surface area contributed by atoms with Gasteiger partial charge >= 0.3 is 0 Å². The Hall–Kier alpha value is -4.29. The Kier molecular flexibility index (Phi) is 5.79. The summed E-state index contributed by atoms with van der Waals surface area (Å²) in [5.74, 6) is -0.443. The smallest absolute Gasteiger partial charge is 0.283 e. The van der Waals surface area contributed by atoms with E-state index in [1.54, 1.807) is 37.5 Å². The Morgan fingerprint density at radius 1 is 1.19 bits per heavy atom. The molecule has 0 saturated heterocycles. The summed E-state index contributed by atoms with van der Waals surface area (Å²) >= 11 is 1.06. The highest BCUT2D eigenvalue weighted by Gasteiger charge is 2.21. The van der Waals surface area contributed by atoms with Crippen molar-refractivity contribution in [3.8, 4) is 6.07 Å². The van der Waals surface area contributed by atoms with Crippen molar-refractivity contribution in [2.45, 2.75) is 17.0 Å². The van der Waals surface area contributed by atoms with Crippen LogP contribution in [0.5, 0.6) is 0 Å². The third-order valence-corrected chi connectivity index (χ3v) is 5.68. The van der Waals surface area contributed by atoms with Crippen LogP contribution in [0.15, 0.2) is 76.5 Å². The van der Waals surface area contributed by atoms with E-state index in [1.807, 2.05) is 30.3 Å². The quantitative estimate of drug-likeness (QED) is 0.110. The lowest BCUT2D eigenvalue weighted by atomic mass is 9.99. The van der Waals surface area contributed by atoms with E-state index in [0.29, 0.717) is 26.9 Å². The first-order valence-corrected chi connectivity index (χ1v) is 10.3. The molecule has 0 aliphatic rings. The van der Waals surface area contributed by atoms with Crippen LogP contribution in [0, 0.1) is 28.4 Å². The van der Waals surface area contributed by atoms with Crippen LogP contribution in [0.4, 0.5) is 5.69 Å². The summed E-state index contributed by atoms with van der Waals surface area (Å²) in [6.45, 7) is 1.77. The first kappa shape index (κ1) is 21.0. The second kappa shape index (κ2) is 8.83. The number of hydrogen-bond acceptors (Lipinski definition) is 7. The lowest BCUT2D eigenvalue weighted by Gasteiger charge is -2.04. The van der Waals surface area contributed by atoms with Gasteiger partial charge in [0.15, 0.2) is 5.16 Å². The monoisotopic (exact) mass is 441 g/mol. The summed E-state index contributed by atoms with van der Waals surface area (Å²) in [6, 6.07) is 15.4. The molecular weight excluding hydrogens is 426 g/mol. The van der Waals surface area contributed by atoms with Crippen molar-refractivity contribution >= 4 is 40.2 Å². The van der Waals surface area contributed by atoms with Crippen LogP contribution in [-0.2, 0) is 0 Å². The van der Waals surface area contributed by atoms with Gasteiger partial charge in [0.05, 0.1) is 15.4 Å². The van der Waals surface area contributed by atoms with Crippen molar-refractivity contribution in [2.75, 3.05) is 0 Å². The maximum Gasteiger partial charge on any atom is 0.283 e. The molecule has 0 bridgehead atoms. The van der Waals surface area contributed by atoms with E-state index in [4.69, 9.17) is 0 Å². The molecule has 8 nitrogen and oxygen atoms in total. The van der Waals surface area contributed by atoms with Crippen molar-refractivity contribution in [3.05, 3.63) is 93.4 Å². The maximum absolute atomic E-state index is 13.1. The minimum absolute atomic E-state index is 0.112. The maximum atomic E-state index is 13.1. The van der Waals surface area contributed by atoms with E-state index in [9.17, 15) is 20.2 Å². The van der Waals surface area contributed by atoms with Gasteiger partial charge in [-0.25, -0.2) is 9.97 Å². The number of aryl methyl sites for hydroxylation is 1. The number of carbonyl (C=O) groups excluding carboxylic acids is 1. The molecule has 0 aliphatic carbocycles. The Labute approximate surface area is 186 Å². The van der Waals surface area contributed by atoms with Crippen molar-refractivity contribution in [1.29, 1.82) is 5.26 Å². The number of carbonyl (C=O) groups is 1. The normalized spacial score (nSPS) is 11.3. The van der Waals surface area contributed by atoms with Gasteiger partial charge in [-0.15, -0.1) is 0 Å². The molecule has 0 aliphatic heterocycles. The minimum atomic E-state index is -0.514. The number of allylic oxidation sites excluding steroid dienone is 1. The number of aromatic amines is 1. The average molecular weight is 441 g/mol. The van der Waals surface area contributed by atoms with Gasteiger partial charge in [-0.2, -0.15) is 5.26 Å². The summed E-state index contributed by atoms with van der Waals surface area (Å²) in [7, 11) is 0. The molecule has 4 aromatic rings. The molecule has 156 valence electrons. The molecule has 32 heavy (non-hydrogen) atoms. The number of nitrogens with zero attached hydrogens (tertiary/aromatic N) is 4. The van der Waals surface area contributed by atoms with Gasteiger partial charge in [-0.3, -0.25) is 14.9 Å². The van der Waals surface area contributed by atoms with Crippen molar-refractivity contribution in [1.82, 2.24) is 15.0 Å². The van der Waals surface area contributed by atoms with E-state index in [1.165, 1.54) is 12.1 Å². The number of nitro groups is 1. The van der Waals surface area contributed by atoms with Crippen LogP contribution >= 0.6 is 11.8 Å². The number of nitriles is 1. The summed E-state index contributed by atoms with van der Waals surface area (Å²) in [4.78, 5) is 35.9. The second-order valence-corrected chi connectivity index (χ2v) is 7.80. The number of ketones is 1. The zero-order valence-corrected chi connectivity index (χ0v) is 17.6. The molecule has 2 heterocycles. The van der Waals surface area contributed by atoms with E-state index < -0.39 is 10.7 Å². The molecule has 0 spiro atoms. The van der Waals surface area contributed by atoms with Gasteiger partial charge < -0.3 is 4.98 Å². The number of benzene rings is 2. The first-order chi connectivity index (χ1) is 15.5. The molecular formula is C23H15N5O3S. The van der Waals surface area contributed by atoms with E-state index in [2.05, 4.69) is 15.0 Å². The van der Waals surface area contributed by atoms with Crippen LogP contribution in [0.2, 0.25) is 0 Å². The highest BCUT2D eigenvalue weighted by molar-refractivity contribution is 7.99. The van der Waals surface area contributed by atoms with Gasteiger partial charge in [0, 0.05) is 35.1 Å². The molecule has 9 heteroatoms. The SMILES string of the molecule is Cc1[nH]c2ccccc2c1C(=O)/C(C#N)=C\c1ccc(Sc2ncccn2)c([N+](=O)[O-])c1. The zero-order valence-electron chi connectivity index (χ0n) is 16.8. The van der Waals surface area contributed by atoms with Crippen LogP contribution in [0.1, 0.15) is 21.6 Å². The largest absolute Gasteiger partial charge is 0.358 e. The number of rotatable bonds is 6. The number of para-hydroxylation sites is 1. The van der Waals surface area contributed by atoms with Crippen LogP contribution in [0.3, 0.4) is 0 Å². The summed E-state index contributed by atoms with van der Waals surface area (Å²) in [6.07, 6.45) is 4.47. The summed E-state index contributed by atoms with van der Waals surface area (Å²) in [5, 5.41) is 22.4. The molecule has 0 saturated carbocycles. The molecule has 4 rings (SSSR count). The van der Waals surface area contributed by atoms with Gasteiger partial charge in [0.1, 0.15) is 11.6 Å². The second-order valence-electron chi connectivity index (χ2n) is 6.79. The van der Waals surface area contributed by atoms with E-state index in [0.717, 1.165) is 22.7 Å². The number of fused-ring (bicyclic) bond motifs is 1. The molecule has 0 radical (unpaired) electrons. The van der Waals surface area contributed by atoms with Crippen molar-refractivity contribution in [2.24, 2.45) is 0 Å². The number of nitrogens with one attached hydrogen (secondary N) is 1. The number of hydrogen-bond donors (Lipinski definition) is 1. The standard InChI is InChI=1S/C23H15N5O3S/c1-14-21(17-5-2-3-6-18(17)27-14)22(29)16(13-24)11-15-7-8-20(19(12-15)28(30)31)32-23-25-9-4-10-26-23/h2-12,27H,1H3/b16-11-. The number of aromatic nitrogens is 3. The number of H-pyrrole nitrogens is 1.